The number of nitrogens with zero attached hydrogens (tertiary/aromatic N) is 2. The van der Waals surface area contributed by atoms with Crippen LogP contribution in [-0.2, 0) is 7.05 Å². The Morgan fingerprint density at radius 3 is 3.00 bits per heavy atom. The monoisotopic (exact) mass is 236 g/mol. The summed E-state index contributed by atoms with van der Waals surface area (Å²) in [5.74, 6) is 0. The quantitative estimate of drug-likeness (QED) is 0.712. The highest BCUT2D eigenvalue weighted by Gasteiger charge is 2.04. The summed E-state index contributed by atoms with van der Waals surface area (Å²) in [6.45, 7) is 0. The molecule has 0 bridgehead atoms. The molecule has 0 atom stereocenters. The molecule has 3 nitrogen and oxygen atoms in total. The van der Waals surface area contributed by atoms with Gasteiger partial charge in [0.15, 0.2) is 3.95 Å². The first-order chi connectivity index (χ1) is 7.20. The minimum absolute atomic E-state index is 0.0771. The summed E-state index contributed by atoms with van der Waals surface area (Å²) in [5.41, 5.74) is 1.39. The number of hydrogen-bond donors (Lipinski definition) is 0. The van der Waals surface area contributed by atoms with E-state index >= 15 is 0 Å². The van der Waals surface area contributed by atoms with E-state index in [1.807, 2.05) is 6.07 Å². The highest BCUT2D eigenvalue weighted by Crippen LogP contribution is 2.15. The summed E-state index contributed by atoms with van der Waals surface area (Å²) in [5, 5.41) is 1.78. The Kier molecular flexibility index (Phi) is 2.75. The lowest BCUT2D eigenvalue weighted by molar-refractivity contribution is 0.867. The minimum Gasteiger partial charge on any atom is -0.294 e. The van der Waals surface area contributed by atoms with Gasteiger partial charge in [-0.3, -0.25) is 14.3 Å². The van der Waals surface area contributed by atoms with Crippen molar-refractivity contribution in [1.82, 2.24) is 9.55 Å². The van der Waals surface area contributed by atoms with Crippen LogP contribution in [-0.4, -0.2) is 9.55 Å². The Labute approximate surface area is 95.7 Å². The molecule has 0 fully saturated rings. The normalized spacial score (nSPS) is 10.2. The van der Waals surface area contributed by atoms with Crippen molar-refractivity contribution in [2.24, 2.45) is 7.05 Å². The van der Waals surface area contributed by atoms with Gasteiger partial charge in [-0.2, -0.15) is 0 Å². The van der Waals surface area contributed by atoms with Gasteiger partial charge in [0, 0.05) is 30.4 Å². The lowest BCUT2D eigenvalue weighted by Gasteiger charge is -2.01. The summed E-state index contributed by atoms with van der Waals surface area (Å²) in [6, 6.07) is 3.67. The summed E-state index contributed by atoms with van der Waals surface area (Å²) in [6.07, 6.45) is 3.35. The van der Waals surface area contributed by atoms with E-state index in [-0.39, 0.29) is 5.56 Å². The molecule has 5 heteroatoms. The molecule has 2 rings (SSSR count). The number of rotatable bonds is 1. The first kappa shape index (κ1) is 10.2. The molecule has 0 amide bonds. The SMILES string of the molecule is Cn1c(=S)scc(-c2cccnc2)c1=O. The third-order valence-corrected chi connectivity index (χ3v) is 3.45. The van der Waals surface area contributed by atoms with Crippen LogP contribution in [0.5, 0.6) is 0 Å². The Hall–Kier alpha value is -1.33. The molecular formula is C10H8N2OS2. The second-order valence-corrected chi connectivity index (χ2v) is 4.52. The van der Waals surface area contributed by atoms with E-state index in [1.54, 1.807) is 30.9 Å². The molecule has 2 aromatic heterocycles. The third-order valence-electron chi connectivity index (χ3n) is 2.06. The van der Waals surface area contributed by atoms with Gasteiger partial charge in [0.25, 0.3) is 5.56 Å². The number of pyridine rings is 1. The molecule has 0 radical (unpaired) electrons. The number of hydrogen-bond acceptors (Lipinski definition) is 4. The molecule has 0 aliphatic rings. The van der Waals surface area contributed by atoms with E-state index in [4.69, 9.17) is 12.2 Å². The first-order valence-electron chi connectivity index (χ1n) is 4.29. The van der Waals surface area contributed by atoms with E-state index in [0.717, 1.165) is 5.56 Å². The molecule has 0 N–H and O–H groups in total. The zero-order valence-corrected chi connectivity index (χ0v) is 9.64. The fourth-order valence-corrected chi connectivity index (χ4v) is 2.14. The predicted molar refractivity (Wildman–Crippen MR) is 63.6 cm³/mol. The van der Waals surface area contributed by atoms with Gasteiger partial charge in [-0.05, 0) is 18.3 Å². The average Bonchev–Trinajstić information content (AvgIpc) is 2.27. The molecule has 76 valence electrons. The summed E-state index contributed by atoms with van der Waals surface area (Å²) in [7, 11) is 1.68. The first-order valence-corrected chi connectivity index (χ1v) is 5.58. The summed E-state index contributed by atoms with van der Waals surface area (Å²) in [4.78, 5) is 15.8. The lowest BCUT2D eigenvalue weighted by Crippen LogP contribution is -2.17. The van der Waals surface area contributed by atoms with Gasteiger partial charge in [0.05, 0.1) is 5.56 Å². The van der Waals surface area contributed by atoms with Crippen molar-refractivity contribution in [3.05, 3.63) is 44.2 Å². The second kappa shape index (κ2) is 4.04. The summed E-state index contributed by atoms with van der Waals surface area (Å²) >= 11 is 6.40. The molecule has 2 aromatic rings. The molecule has 0 saturated heterocycles. The smallest absolute Gasteiger partial charge is 0.260 e. The molecule has 15 heavy (non-hydrogen) atoms. The molecule has 0 spiro atoms. The highest BCUT2D eigenvalue weighted by molar-refractivity contribution is 7.73. The Morgan fingerprint density at radius 2 is 2.33 bits per heavy atom. The fraction of sp³-hybridized carbons (Fsp3) is 0.100. The molecule has 0 saturated carbocycles. The van der Waals surface area contributed by atoms with Crippen LogP contribution in [0.1, 0.15) is 0 Å². The molecule has 0 aliphatic heterocycles. The lowest BCUT2D eigenvalue weighted by atomic mass is 10.2. The molecule has 0 aromatic carbocycles. The van der Waals surface area contributed by atoms with Crippen molar-refractivity contribution in [1.29, 1.82) is 0 Å². The van der Waals surface area contributed by atoms with E-state index in [2.05, 4.69) is 4.98 Å². The van der Waals surface area contributed by atoms with E-state index in [0.29, 0.717) is 9.52 Å². The van der Waals surface area contributed by atoms with Gasteiger partial charge < -0.3 is 0 Å². The van der Waals surface area contributed by atoms with Crippen LogP contribution in [0, 0.1) is 3.95 Å². The van der Waals surface area contributed by atoms with E-state index < -0.39 is 0 Å². The summed E-state index contributed by atoms with van der Waals surface area (Å²) < 4.78 is 2.05. The Balaban J connectivity index is 2.71. The van der Waals surface area contributed by atoms with Crippen LogP contribution in [0.3, 0.4) is 0 Å². The van der Waals surface area contributed by atoms with Crippen molar-refractivity contribution in [3.8, 4) is 11.1 Å². The van der Waals surface area contributed by atoms with Crippen LogP contribution in [0.4, 0.5) is 0 Å². The Morgan fingerprint density at radius 1 is 1.53 bits per heavy atom. The molecule has 0 unspecified atom stereocenters. The van der Waals surface area contributed by atoms with Crippen molar-refractivity contribution in [2.45, 2.75) is 0 Å². The number of aromatic nitrogens is 2. The fourth-order valence-electron chi connectivity index (χ4n) is 1.22. The minimum atomic E-state index is -0.0771. The van der Waals surface area contributed by atoms with E-state index in [9.17, 15) is 4.79 Å². The van der Waals surface area contributed by atoms with Gasteiger partial charge >= 0.3 is 0 Å². The highest BCUT2D eigenvalue weighted by atomic mass is 32.1. The zero-order chi connectivity index (χ0) is 10.8. The van der Waals surface area contributed by atoms with Gasteiger partial charge in [-0.1, -0.05) is 6.07 Å². The van der Waals surface area contributed by atoms with Crippen LogP contribution in [0.15, 0.2) is 34.7 Å². The largest absolute Gasteiger partial charge is 0.294 e. The van der Waals surface area contributed by atoms with Crippen molar-refractivity contribution in [2.75, 3.05) is 0 Å². The maximum absolute atomic E-state index is 11.9. The van der Waals surface area contributed by atoms with Crippen LogP contribution < -0.4 is 5.56 Å². The molecular weight excluding hydrogens is 228 g/mol. The predicted octanol–water partition coefficient (Wildman–Crippen LogP) is 2.24. The Bertz CT molecular complexity index is 586. The molecule has 0 aliphatic carbocycles. The second-order valence-electron chi connectivity index (χ2n) is 3.02. The van der Waals surface area contributed by atoms with Crippen molar-refractivity contribution < 1.29 is 0 Å². The molecule has 2 heterocycles. The maximum atomic E-state index is 11.9. The van der Waals surface area contributed by atoms with Gasteiger partial charge in [0.2, 0.25) is 0 Å². The van der Waals surface area contributed by atoms with Crippen molar-refractivity contribution >= 4 is 23.6 Å². The third kappa shape index (κ3) is 1.88. The average molecular weight is 236 g/mol. The van der Waals surface area contributed by atoms with Crippen LogP contribution in [0.25, 0.3) is 11.1 Å². The zero-order valence-electron chi connectivity index (χ0n) is 8.01. The van der Waals surface area contributed by atoms with Crippen LogP contribution in [0.2, 0.25) is 0 Å². The van der Waals surface area contributed by atoms with E-state index in [1.165, 1.54) is 15.9 Å². The van der Waals surface area contributed by atoms with Gasteiger partial charge in [0.1, 0.15) is 0 Å². The van der Waals surface area contributed by atoms with Crippen LogP contribution >= 0.6 is 23.6 Å². The standard InChI is InChI=1S/C10H8N2OS2/c1-12-9(13)8(6-15-10(12)14)7-3-2-4-11-5-7/h2-6H,1H3. The topological polar surface area (TPSA) is 34.9 Å². The maximum Gasteiger partial charge on any atom is 0.260 e. The van der Waals surface area contributed by atoms with Gasteiger partial charge in [-0.25, -0.2) is 0 Å². The van der Waals surface area contributed by atoms with Crippen molar-refractivity contribution in [3.63, 3.8) is 0 Å². The van der Waals surface area contributed by atoms with Gasteiger partial charge in [-0.15, -0.1) is 11.3 Å².